The zero-order valence-electron chi connectivity index (χ0n) is 11.1. The van der Waals surface area contributed by atoms with Gasteiger partial charge < -0.3 is 16.3 Å². The minimum Gasteiger partial charge on any atom is -0.409 e. The van der Waals surface area contributed by atoms with E-state index >= 15 is 0 Å². The van der Waals surface area contributed by atoms with E-state index in [9.17, 15) is 4.79 Å². The van der Waals surface area contributed by atoms with Gasteiger partial charge in [0, 0.05) is 6.42 Å². The number of thioether (sulfide) groups is 1. The monoisotopic (exact) mass is 273 g/mol. The molecule has 0 bridgehead atoms. The number of carbonyl (C=O) groups is 1. The normalized spacial score (nSPS) is 21.3. The van der Waals surface area contributed by atoms with Crippen molar-refractivity contribution in [2.75, 3.05) is 11.5 Å². The molecular formula is C12H23N3O2S. The first-order valence-electron chi connectivity index (χ1n) is 6.38. The SMILES string of the molecule is CCC(C)(NC(=O)CC1CCSCC1)C(N)=NO. The van der Waals surface area contributed by atoms with Crippen LogP contribution in [0.3, 0.4) is 0 Å². The minimum atomic E-state index is -0.755. The number of nitrogens with two attached hydrogens (primary N) is 1. The number of hydrogen-bond donors (Lipinski definition) is 3. The summed E-state index contributed by atoms with van der Waals surface area (Å²) < 4.78 is 0. The molecule has 1 amide bonds. The summed E-state index contributed by atoms with van der Waals surface area (Å²) in [5.74, 6) is 2.80. The molecule has 1 rings (SSSR count). The number of carbonyl (C=O) groups excluding carboxylic acids is 1. The van der Waals surface area contributed by atoms with Gasteiger partial charge in [-0.3, -0.25) is 4.79 Å². The molecule has 1 heterocycles. The maximum atomic E-state index is 12.0. The number of amidine groups is 1. The van der Waals surface area contributed by atoms with Crippen LogP contribution < -0.4 is 11.1 Å². The van der Waals surface area contributed by atoms with Crippen LogP contribution in [0.15, 0.2) is 5.16 Å². The highest BCUT2D eigenvalue weighted by Gasteiger charge is 2.30. The lowest BCUT2D eigenvalue weighted by Gasteiger charge is -2.29. The molecule has 0 saturated carbocycles. The number of hydrogen-bond acceptors (Lipinski definition) is 4. The molecule has 0 spiro atoms. The highest BCUT2D eigenvalue weighted by molar-refractivity contribution is 7.99. The summed E-state index contributed by atoms with van der Waals surface area (Å²) in [6, 6.07) is 0. The van der Waals surface area contributed by atoms with E-state index in [0.717, 1.165) is 24.3 Å². The average molecular weight is 273 g/mol. The molecule has 0 radical (unpaired) electrons. The van der Waals surface area contributed by atoms with E-state index in [1.807, 2.05) is 18.7 Å². The fourth-order valence-electron chi connectivity index (χ4n) is 2.02. The van der Waals surface area contributed by atoms with Crippen LogP contribution in [-0.4, -0.2) is 34.0 Å². The molecule has 5 nitrogen and oxygen atoms in total. The molecule has 0 aromatic carbocycles. The van der Waals surface area contributed by atoms with Gasteiger partial charge in [0.15, 0.2) is 5.84 Å². The molecule has 1 aliphatic heterocycles. The molecule has 104 valence electrons. The Morgan fingerprint density at radius 1 is 1.56 bits per heavy atom. The van der Waals surface area contributed by atoms with Crippen molar-refractivity contribution in [2.24, 2.45) is 16.8 Å². The highest BCUT2D eigenvalue weighted by atomic mass is 32.2. The van der Waals surface area contributed by atoms with E-state index < -0.39 is 5.54 Å². The standard InChI is InChI=1S/C12H23N3O2S/c1-3-12(2,11(13)15-17)14-10(16)8-9-4-6-18-7-5-9/h9,17H,3-8H2,1-2H3,(H2,13,15)(H,14,16). The van der Waals surface area contributed by atoms with E-state index in [0.29, 0.717) is 18.8 Å². The number of oxime groups is 1. The Kier molecular flexibility index (Phi) is 5.78. The second kappa shape index (κ2) is 6.87. The van der Waals surface area contributed by atoms with Crippen molar-refractivity contribution in [1.82, 2.24) is 5.32 Å². The maximum absolute atomic E-state index is 12.0. The molecule has 0 aliphatic carbocycles. The van der Waals surface area contributed by atoms with Gasteiger partial charge in [0.1, 0.15) is 0 Å². The molecule has 1 fully saturated rings. The van der Waals surface area contributed by atoms with Crippen molar-refractivity contribution in [3.05, 3.63) is 0 Å². The fraction of sp³-hybridized carbons (Fsp3) is 0.833. The molecule has 18 heavy (non-hydrogen) atoms. The Labute approximate surface area is 113 Å². The largest absolute Gasteiger partial charge is 0.409 e. The smallest absolute Gasteiger partial charge is 0.221 e. The van der Waals surface area contributed by atoms with Crippen molar-refractivity contribution >= 4 is 23.5 Å². The van der Waals surface area contributed by atoms with Crippen molar-refractivity contribution in [1.29, 1.82) is 0 Å². The van der Waals surface area contributed by atoms with Gasteiger partial charge in [-0.15, -0.1) is 0 Å². The van der Waals surface area contributed by atoms with Crippen LogP contribution in [0.4, 0.5) is 0 Å². The lowest BCUT2D eigenvalue weighted by atomic mass is 9.94. The summed E-state index contributed by atoms with van der Waals surface area (Å²) in [5, 5.41) is 14.6. The third-order valence-corrected chi connectivity index (χ3v) is 4.66. The molecule has 0 aromatic heterocycles. The van der Waals surface area contributed by atoms with E-state index in [1.54, 1.807) is 6.92 Å². The molecule has 1 saturated heterocycles. The number of nitrogens with zero attached hydrogens (tertiary/aromatic N) is 1. The van der Waals surface area contributed by atoms with Crippen molar-refractivity contribution in [3.8, 4) is 0 Å². The first-order valence-corrected chi connectivity index (χ1v) is 7.54. The summed E-state index contributed by atoms with van der Waals surface area (Å²) in [7, 11) is 0. The van der Waals surface area contributed by atoms with Crippen LogP contribution >= 0.6 is 11.8 Å². The van der Waals surface area contributed by atoms with E-state index in [4.69, 9.17) is 10.9 Å². The summed E-state index contributed by atoms with van der Waals surface area (Å²) in [6.07, 6.45) is 3.33. The second-order valence-corrected chi connectivity index (χ2v) is 6.20. The number of rotatable bonds is 5. The maximum Gasteiger partial charge on any atom is 0.221 e. The summed E-state index contributed by atoms with van der Waals surface area (Å²) in [6.45, 7) is 3.67. The zero-order chi connectivity index (χ0) is 13.6. The molecular weight excluding hydrogens is 250 g/mol. The van der Waals surface area contributed by atoms with Crippen LogP contribution in [0.5, 0.6) is 0 Å². The average Bonchev–Trinajstić information content (AvgIpc) is 2.38. The fourth-order valence-corrected chi connectivity index (χ4v) is 3.22. The van der Waals surface area contributed by atoms with Crippen LogP contribution in [-0.2, 0) is 4.79 Å². The summed E-state index contributed by atoms with van der Waals surface area (Å²) in [4.78, 5) is 12.0. The minimum absolute atomic E-state index is 0.0112. The predicted octanol–water partition coefficient (Wildman–Crippen LogP) is 1.55. The molecule has 1 unspecified atom stereocenters. The van der Waals surface area contributed by atoms with Crippen LogP contribution in [0.1, 0.15) is 39.5 Å². The van der Waals surface area contributed by atoms with Gasteiger partial charge >= 0.3 is 0 Å². The second-order valence-electron chi connectivity index (χ2n) is 4.98. The van der Waals surface area contributed by atoms with E-state index in [2.05, 4.69) is 10.5 Å². The molecule has 4 N–H and O–H groups in total. The first-order chi connectivity index (χ1) is 8.51. The van der Waals surface area contributed by atoms with Crippen LogP contribution in [0.25, 0.3) is 0 Å². The van der Waals surface area contributed by atoms with Crippen molar-refractivity contribution in [2.45, 2.75) is 45.1 Å². The third-order valence-electron chi connectivity index (χ3n) is 3.61. The van der Waals surface area contributed by atoms with Gasteiger partial charge in [-0.25, -0.2) is 0 Å². The Balaban J connectivity index is 2.51. The third kappa shape index (κ3) is 4.08. The van der Waals surface area contributed by atoms with Gasteiger partial charge in [-0.05, 0) is 43.6 Å². The van der Waals surface area contributed by atoms with Crippen LogP contribution in [0, 0.1) is 5.92 Å². The Hall–Kier alpha value is -0.910. The zero-order valence-corrected chi connectivity index (χ0v) is 11.9. The van der Waals surface area contributed by atoms with Gasteiger partial charge in [0.05, 0.1) is 5.54 Å². The van der Waals surface area contributed by atoms with Crippen molar-refractivity contribution < 1.29 is 10.0 Å². The van der Waals surface area contributed by atoms with Crippen molar-refractivity contribution in [3.63, 3.8) is 0 Å². The van der Waals surface area contributed by atoms with E-state index in [1.165, 1.54) is 0 Å². The molecule has 1 atom stereocenters. The topological polar surface area (TPSA) is 87.7 Å². The highest BCUT2D eigenvalue weighted by Crippen LogP contribution is 2.25. The number of nitrogens with one attached hydrogen (secondary N) is 1. The Morgan fingerprint density at radius 3 is 2.67 bits per heavy atom. The Bertz CT molecular complexity index is 316. The molecule has 6 heteroatoms. The quantitative estimate of drug-likeness (QED) is 0.307. The summed E-state index contributed by atoms with van der Waals surface area (Å²) >= 11 is 1.95. The lowest BCUT2D eigenvalue weighted by Crippen LogP contribution is -2.55. The first kappa shape index (κ1) is 15.1. The lowest BCUT2D eigenvalue weighted by molar-refractivity contribution is -0.123. The van der Waals surface area contributed by atoms with Gasteiger partial charge in [-0.1, -0.05) is 12.1 Å². The molecule has 0 aromatic rings. The van der Waals surface area contributed by atoms with Crippen LogP contribution in [0.2, 0.25) is 0 Å². The van der Waals surface area contributed by atoms with E-state index in [-0.39, 0.29) is 11.7 Å². The number of amides is 1. The molecule has 1 aliphatic rings. The Morgan fingerprint density at radius 2 is 2.17 bits per heavy atom. The van der Waals surface area contributed by atoms with Gasteiger partial charge in [0.2, 0.25) is 5.91 Å². The van der Waals surface area contributed by atoms with Gasteiger partial charge in [0.25, 0.3) is 0 Å². The predicted molar refractivity (Wildman–Crippen MR) is 74.9 cm³/mol. The van der Waals surface area contributed by atoms with Gasteiger partial charge in [-0.2, -0.15) is 11.8 Å². The summed E-state index contributed by atoms with van der Waals surface area (Å²) in [5.41, 5.74) is 4.87.